The zero-order chi connectivity index (χ0) is 27.6. The Labute approximate surface area is 220 Å². The van der Waals surface area contributed by atoms with Gasteiger partial charge in [-0.1, -0.05) is 22.9 Å². The fourth-order valence-electron chi connectivity index (χ4n) is 3.60. The van der Waals surface area contributed by atoms with Gasteiger partial charge in [0.1, 0.15) is 29.9 Å². The number of carbonyl (C=O) groups is 4. The van der Waals surface area contributed by atoms with Crippen molar-refractivity contribution in [2.75, 3.05) is 11.1 Å². The molecule has 200 valence electrons. The lowest BCUT2D eigenvalue weighted by Gasteiger charge is -2.48. The summed E-state index contributed by atoms with van der Waals surface area (Å²) in [5, 5.41) is 17.7. The molecule has 0 bridgehead atoms. The highest BCUT2D eigenvalue weighted by molar-refractivity contribution is 8.00. The predicted molar refractivity (Wildman–Crippen MR) is 131 cm³/mol. The summed E-state index contributed by atoms with van der Waals surface area (Å²) < 4.78 is 37.5. The lowest BCUT2D eigenvalue weighted by molar-refractivity contribution is -0.167. The molecule has 1 saturated heterocycles. The van der Waals surface area contributed by atoms with E-state index in [9.17, 15) is 37.5 Å². The molecular weight excluding hydrogens is 551 g/mol. The van der Waals surface area contributed by atoms with Crippen LogP contribution in [-0.4, -0.2) is 68.2 Å². The maximum Gasteiger partial charge on any atom is 0.471 e. The number of oxime groups is 1. The zero-order valence-electron chi connectivity index (χ0n) is 19.3. The van der Waals surface area contributed by atoms with Crippen molar-refractivity contribution < 1.29 is 42.3 Å². The predicted octanol–water partition coefficient (Wildman–Crippen LogP) is 2.49. The molecule has 0 saturated carbocycles. The van der Waals surface area contributed by atoms with Crippen LogP contribution in [-0.2, 0) is 30.6 Å². The van der Waals surface area contributed by atoms with Crippen LogP contribution in [0.25, 0.3) is 11.3 Å². The summed E-state index contributed by atoms with van der Waals surface area (Å²) in [4.78, 5) is 57.3. The third-order valence-electron chi connectivity index (χ3n) is 5.35. The molecular formula is C22H18F3N5O6S2. The van der Waals surface area contributed by atoms with Gasteiger partial charge in [-0.3, -0.25) is 24.6 Å². The van der Waals surface area contributed by atoms with E-state index in [4.69, 9.17) is 4.84 Å². The number of aromatic nitrogens is 1. The minimum atomic E-state index is -5.04. The number of nitrogens with zero attached hydrogens (tertiary/aromatic N) is 3. The van der Waals surface area contributed by atoms with Crippen LogP contribution < -0.4 is 10.6 Å². The Morgan fingerprint density at radius 3 is 2.82 bits per heavy atom. The van der Waals surface area contributed by atoms with E-state index in [1.54, 1.807) is 30.4 Å². The van der Waals surface area contributed by atoms with Gasteiger partial charge in [0, 0.05) is 22.3 Å². The average Bonchev–Trinajstić information content (AvgIpc) is 3.32. The van der Waals surface area contributed by atoms with Crippen molar-refractivity contribution in [2.24, 2.45) is 5.16 Å². The number of carbonyl (C=O) groups excluding carboxylic acids is 3. The number of rotatable bonds is 8. The number of aryl methyl sites for hydroxylation is 1. The summed E-state index contributed by atoms with van der Waals surface area (Å²) in [5.41, 5.74) is 2.12. The molecule has 0 spiro atoms. The molecule has 1 aromatic carbocycles. The molecule has 3 N–H and O–H groups in total. The second-order valence-corrected chi connectivity index (χ2v) is 9.98. The van der Waals surface area contributed by atoms with Crippen LogP contribution in [0.5, 0.6) is 0 Å². The van der Waals surface area contributed by atoms with E-state index >= 15 is 0 Å². The third-order valence-corrected chi connectivity index (χ3v) is 7.29. The molecule has 11 nitrogen and oxygen atoms in total. The van der Waals surface area contributed by atoms with Crippen LogP contribution in [0.1, 0.15) is 11.1 Å². The maximum atomic E-state index is 12.5. The van der Waals surface area contributed by atoms with Gasteiger partial charge in [0.05, 0.1) is 5.69 Å². The van der Waals surface area contributed by atoms with Gasteiger partial charge in [0.15, 0.2) is 5.13 Å². The van der Waals surface area contributed by atoms with Crippen LogP contribution in [0.4, 0.5) is 18.3 Å². The third kappa shape index (κ3) is 5.80. The quantitative estimate of drug-likeness (QED) is 0.249. The number of β-lactam (4-membered cyclic amide) rings is 1. The SMILES string of the molecule is Cc1ccc(CO/N=C/C(=O)NC2C(=O)N3C(C(=O)O)=CCSC23)c(-c2csc(NC(=O)C(F)(F)F)n2)c1. The van der Waals surface area contributed by atoms with Gasteiger partial charge >= 0.3 is 18.1 Å². The lowest BCUT2D eigenvalue weighted by Crippen LogP contribution is -2.70. The number of hydrogen-bond acceptors (Lipinski definition) is 9. The van der Waals surface area contributed by atoms with E-state index < -0.39 is 41.3 Å². The first-order valence-corrected chi connectivity index (χ1v) is 12.7. The van der Waals surface area contributed by atoms with Crippen LogP contribution in [0.2, 0.25) is 0 Å². The molecule has 4 rings (SSSR count). The topological polar surface area (TPSA) is 150 Å². The Morgan fingerprint density at radius 2 is 2.11 bits per heavy atom. The van der Waals surface area contributed by atoms with Crippen molar-refractivity contribution in [2.45, 2.75) is 31.1 Å². The van der Waals surface area contributed by atoms with E-state index in [1.807, 2.05) is 0 Å². The van der Waals surface area contributed by atoms with Gasteiger partial charge in [-0.15, -0.1) is 23.1 Å². The normalized spacial score (nSPS) is 18.9. The van der Waals surface area contributed by atoms with E-state index in [0.717, 1.165) is 28.0 Å². The minimum Gasteiger partial charge on any atom is -0.477 e. The number of hydrogen-bond donors (Lipinski definition) is 3. The number of thioether (sulfide) groups is 1. The Hall–Kier alpha value is -3.92. The maximum absolute atomic E-state index is 12.5. The van der Waals surface area contributed by atoms with Crippen LogP contribution in [0.3, 0.4) is 0 Å². The molecule has 0 radical (unpaired) electrons. The molecule has 2 aromatic rings. The summed E-state index contributed by atoms with van der Waals surface area (Å²) in [5.74, 6) is -4.23. The average molecular weight is 570 g/mol. The fraction of sp³-hybridized carbons (Fsp3) is 0.273. The number of carboxylic acid groups (broad SMARTS) is 1. The van der Waals surface area contributed by atoms with Gasteiger partial charge in [0.25, 0.3) is 11.8 Å². The van der Waals surface area contributed by atoms with E-state index in [1.165, 1.54) is 23.2 Å². The number of fused-ring (bicyclic) bond motifs is 1. The summed E-state index contributed by atoms with van der Waals surface area (Å²) in [7, 11) is 0. The van der Waals surface area contributed by atoms with Crippen LogP contribution in [0, 0.1) is 6.92 Å². The number of anilines is 1. The van der Waals surface area contributed by atoms with Gasteiger partial charge in [0.2, 0.25) is 0 Å². The highest BCUT2D eigenvalue weighted by atomic mass is 32.2. The number of aliphatic carboxylic acids is 1. The van der Waals surface area contributed by atoms with Crippen molar-refractivity contribution in [1.29, 1.82) is 0 Å². The van der Waals surface area contributed by atoms with Crippen LogP contribution in [0.15, 0.2) is 40.5 Å². The second kappa shape index (κ2) is 10.8. The summed E-state index contributed by atoms with van der Waals surface area (Å²) in [6.45, 7) is 1.68. The number of alkyl halides is 3. The Balaban J connectivity index is 1.35. The number of carboxylic acids is 1. The fourth-order valence-corrected chi connectivity index (χ4v) is 5.50. The molecule has 1 fully saturated rings. The largest absolute Gasteiger partial charge is 0.477 e. The Morgan fingerprint density at radius 1 is 1.34 bits per heavy atom. The molecule has 2 unspecified atom stereocenters. The summed E-state index contributed by atoms with van der Waals surface area (Å²) in [6, 6.07) is 4.30. The molecule has 38 heavy (non-hydrogen) atoms. The zero-order valence-corrected chi connectivity index (χ0v) is 20.9. The highest BCUT2D eigenvalue weighted by Gasteiger charge is 2.52. The van der Waals surface area contributed by atoms with E-state index in [2.05, 4.69) is 15.5 Å². The second-order valence-electron chi connectivity index (χ2n) is 7.97. The standard InChI is InChI=1S/C22H18F3N5O6S2/c1-10-2-3-11(12(6-10)13-9-38-21(27-13)29-20(35)22(23,24)25)8-36-26-7-15(31)28-16-17(32)30-14(19(33)34)4-5-37-18(16)30/h2-4,6-7,9,16,18H,5,8H2,1H3,(H,28,31)(H,33,34)(H,27,29,35)/b26-7+. The molecule has 2 aliphatic heterocycles. The monoisotopic (exact) mass is 569 g/mol. The molecule has 3 heterocycles. The van der Waals surface area contributed by atoms with Crippen molar-refractivity contribution >= 4 is 58.1 Å². The lowest BCUT2D eigenvalue weighted by atomic mass is 10.0. The van der Waals surface area contributed by atoms with Gasteiger partial charge in [-0.05, 0) is 19.1 Å². The first-order chi connectivity index (χ1) is 18.0. The van der Waals surface area contributed by atoms with Gasteiger partial charge < -0.3 is 15.3 Å². The van der Waals surface area contributed by atoms with Gasteiger partial charge in [-0.25, -0.2) is 9.78 Å². The summed E-state index contributed by atoms with van der Waals surface area (Å²) >= 11 is 2.13. The van der Waals surface area contributed by atoms with E-state index in [-0.39, 0.29) is 17.4 Å². The number of benzene rings is 1. The van der Waals surface area contributed by atoms with Crippen molar-refractivity contribution in [3.8, 4) is 11.3 Å². The Bertz CT molecular complexity index is 1360. The molecule has 3 amide bonds. The molecule has 0 aliphatic carbocycles. The van der Waals surface area contributed by atoms with E-state index in [0.29, 0.717) is 22.6 Å². The van der Waals surface area contributed by atoms with Crippen LogP contribution >= 0.6 is 23.1 Å². The number of thiazole rings is 1. The Kier molecular flexibility index (Phi) is 7.73. The number of amides is 3. The molecule has 2 atom stereocenters. The first-order valence-electron chi connectivity index (χ1n) is 10.7. The van der Waals surface area contributed by atoms with Gasteiger partial charge in [-0.2, -0.15) is 13.2 Å². The molecule has 2 aliphatic rings. The molecule has 16 heteroatoms. The number of halogens is 3. The first kappa shape index (κ1) is 27.1. The number of nitrogens with one attached hydrogen (secondary N) is 2. The van der Waals surface area contributed by atoms with Crippen molar-refractivity contribution in [1.82, 2.24) is 15.2 Å². The van der Waals surface area contributed by atoms with Crippen molar-refractivity contribution in [3.05, 3.63) is 46.5 Å². The summed E-state index contributed by atoms with van der Waals surface area (Å²) in [6.07, 6.45) is -2.78. The minimum absolute atomic E-state index is 0.120. The molecule has 1 aromatic heterocycles. The highest BCUT2D eigenvalue weighted by Crippen LogP contribution is 2.37. The van der Waals surface area contributed by atoms with Crippen molar-refractivity contribution in [3.63, 3.8) is 0 Å². The smallest absolute Gasteiger partial charge is 0.471 e.